The number of hydrogen-bond donors (Lipinski definition) is 0. The fraction of sp³-hybridized carbons (Fsp3) is 0.160. The van der Waals surface area contributed by atoms with Gasteiger partial charge in [0.25, 0.3) is 0 Å². The molecular formula is C25H20BrNO5. The van der Waals surface area contributed by atoms with Crippen molar-refractivity contribution in [3.63, 3.8) is 0 Å². The van der Waals surface area contributed by atoms with Gasteiger partial charge in [0.1, 0.15) is 16.8 Å². The Balaban J connectivity index is 2.15. The molecule has 2 aromatic carbocycles. The zero-order valence-corrected chi connectivity index (χ0v) is 19.1. The van der Waals surface area contributed by atoms with E-state index in [0.29, 0.717) is 16.6 Å². The third-order valence-electron chi connectivity index (χ3n) is 5.09. The average molecular weight is 494 g/mol. The van der Waals surface area contributed by atoms with Gasteiger partial charge in [0.05, 0.1) is 24.2 Å². The predicted octanol–water partition coefficient (Wildman–Crippen LogP) is 5.44. The number of ether oxygens (including phenoxy) is 2. The Morgan fingerprint density at radius 1 is 0.781 bits per heavy atom. The average Bonchev–Trinajstić information content (AvgIpc) is 3.15. The first-order valence-electron chi connectivity index (χ1n) is 10.2. The summed E-state index contributed by atoms with van der Waals surface area (Å²) in [5, 5.41) is 0.852. The number of ketones is 1. The molecule has 0 aliphatic heterocycles. The van der Waals surface area contributed by atoms with Gasteiger partial charge >= 0.3 is 11.9 Å². The lowest BCUT2D eigenvalue weighted by Crippen LogP contribution is -2.17. The number of pyridine rings is 1. The standard InChI is InChI=1S/C25H20BrNO5/c1-3-31-24(29)20-19-14-11-15-7-5-6-8-18(15)27(19)22(21(20)25(30)32-4-2)23(28)16-9-12-17(26)13-10-16/h5-14H,3-4H2,1-2H3. The van der Waals surface area contributed by atoms with Crippen molar-refractivity contribution < 1.29 is 23.9 Å². The van der Waals surface area contributed by atoms with E-state index in [9.17, 15) is 14.4 Å². The summed E-state index contributed by atoms with van der Waals surface area (Å²) >= 11 is 3.37. The molecule has 162 valence electrons. The normalized spacial score (nSPS) is 11.0. The van der Waals surface area contributed by atoms with Gasteiger partial charge in [-0.2, -0.15) is 0 Å². The number of rotatable bonds is 6. The first-order chi connectivity index (χ1) is 15.5. The molecule has 0 aliphatic rings. The Bertz CT molecular complexity index is 1350. The van der Waals surface area contributed by atoms with Crippen molar-refractivity contribution >= 4 is 50.1 Å². The molecule has 7 heteroatoms. The van der Waals surface area contributed by atoms with E-state index >= 15 is 0 Å². The van der Waals surface area contributed by atoms with Crippen LogP contribution in [-0.2, 0) is 9.47 Å². The van der Waals surface area contributed by atoms with Crippen molar-refractivity contribution in [3.8, 4) is 0 Å². The maximum absolute atomic E-state index is 13.7. The second-order valence-corrected chi connectivity index (χ2v) is 7.90. The van der Waals surface area contributed by atoms with Crippen molar-refractivity contribution in [2.45, 2.75) is 13.8 Å². The number of halogens is 1. The smallest absolute Gasteiger partial charge is 0.341 e. The minimum absolute atomic E-state index is 0.0246. The molecule has 0 N–H and O–H groups in total. The number of esters is 2. The van der Waals surface area contributed by atoms with Crippen molar-refractivity contribution in [1.29, 1.82) is 0 Å². The maximum atomic E-state index is 13.7. The molecule has 0 aliphatic carbocycles. The Hall–Kier alpha value is -3.45. The molecule has 0 bridgehead atoms. The van der Waals surface area contributed by atoms with Crippen molar-refractivity contribution in [2.75, 3.05) is 13.2 Å². The van der Waals surface area contributed by atoms with Gasteiger partial charge in [-0.05, 0) is 55.6 Å². The van der Waals surface area contributed by atoms with Gasteiger partial charge < -0.3 is 13.9 Å². The molecule has 32 heavy (non-hydrogen) atoms. The molecule has 0 amide bonds. The number of aromatic nitrogens is 1. The topological polar surface area (TPSA) is 74.1 Å². The molecular weight excluding hydrogens is 474 g/mol. The van der Waals surface area contributed by atoms with E-state index in [2.05, 4.69) is 15.9 Å². The van der Waals surface area contributed by atoms with Gasteiger partial charge in [0.2, 0.25) is 5.78 Å². The van der Waals surface area contributed by atoms with Gasteiger partial charge in [-0.25, -0.2) is 9.59 Å². The molecule has 0 saturated carbocycles. The molecule has 0 unspecified atom stereocenters. The van der Waals surface area contributed by atoms with Crippen molar-refractivity contribution in [2.24, 2.45) is 0 Å². The Labute approximate surface area is 192 Å². The second kappa shape index (κ2) is 8.96. The minimum Gasteiger partial charge on any atom is -0.462 e. The summed E-state index contributed by atoms with van der Waals surface area (Å²) in [5.74, 6) is -1.83. The fourth-order valence-electron chi connectivity index (χ4n) is 3.76. The van der Waals surface area contributed by atoms with Crippen LogP contribution in [0.15, 0.2) is 65.1 Å². The summed E-state index contributed by atoms with van der Waals surface area (Å²) in [4.78, 5) is 39.8. The number of fused-ring (bicyclic) bond motifs is 3. The van der Waals surface area contributed by atoms with E-state index in [4.69, 9.17) is 9.47 Å². The van der Waals surface area contributed by atoms with Crippen LogP contribution in [0.5, 0.6) is 0 Å². The quantitative estimate of drug-likeness (QED) is 0.264. The zero-order chi connectivity index (χ0) is 22.8. The lowest BCUT2D eigenvalue weighted by atomic mass is 10.0. The Morgan fingerprint density at radius 3 is 2.06 bits per heavy atom. The van der Waals surface area contributed by atoms with E-state index in [1.165, 1.54) is 0 Å². The molecule has 4 aromatic rings. The molecule has 0 saturated heterocycles. The molecule has 0 atom stereocenters. The highest BCUT2D eigenvalue weighted by Gasteiger charge is 2.34. The number of carbonyl (C=O) groups is 3. The van der Waals surface area contributed by atoms with Crippen molar-refractivity contribution in [3.05, 3.63) is 87.5 Å². The van der Waals surface area contributed by atoms with Crippen molar-refractivity contribution in [1.82, 2.24) is 4.40 Å². The third-order valence-corrected chi connectivity index (χ3v) is 5.62. The van der Waals surface area contributed by atoms with Gasteiger partial charge in [-0.15, -0.1) is 0 Å². The van der Waals surface area contributed by atoms with Gasteiger partial charge in [0, 0.05) is 10.0 Å². The van der Waals surface area contributed by atoms with Gasteiger partial charge in [-0.1, -0.05) is 40.2 Å². The van der Waals surface area contributed by atoms with Crippen LogP contribution in [0.1, 0.15) is 50.6 Å². The predicted molar refractivity (Wildman–Crippen MR) is 124 cm³/mol. The highest BCUT2D eigenvalue weighted by molar-refractivity contribution is 9.10. The van der Waals surface area contributed by atoms with Gasteiger partial charge in [-0.3, -0.25) is 4.79 Å². The molecule has 0 radical (unpaired) electrons. The summed E-state index contributed by atoms with van der Waals surface area (Å²) in [5.41, 5.74) is 1.48. The maximum Gasteiger partial charge on any atom is 0.341 e. The minimum atomic E-state index is -0.746. The number of para-hydroxylation sites is 1. The summed E-state index contributed by atoms with van der Waals surface area (Å²) in [6.45, 7) is 3.58. The molecule has 4 rings (SSSR count). The molecule has 0 spiro atoms. The van der Waals surface area contributed by atoms with Crippen LogP contribution in [0, 0.1) is 0 Å². The summed E-state index contributed by atoms with van der Waals surface area (Å²) in [6.07, 6.45) is 0. The lowest BCUT2D eigenvalue weighted by molar-refractivity contribution is 0.0480. The number of carbonyl (C=O) groups excluding carboxylic acids is 3. The van der Waals surface area contributed by atoms with Crippen LogP contribution >= 0.6 is 15.9 Å². The van der Waals surface area contributed by atoms with Crippen LogP contribution in [0.4, 0.5) is 0 Å². The van der Waals surface area contributed by atoms with Crippen LogP contribution in [0.2, 0.25) is 0 Å². The second-order valence-electron chi connectivity index (χ2n) is 6.99. The summed E-state index contributed by atoms with van der Waals surface area (Å²) in [6, 6.07) is 17.8. The van der Waals surface area contributed by atoms with Crippen LogP contribution < -0.4 is 0 Å². The van der Waals surface area contributed by atoms with Crippen LogP contribution in [-0.4, -0.2) is 35.3 Å². The van der Waals surface area contributed by atoms with E-state index in [1.807, 2.05) is 30.3 Å². The molecule has 2 aromatic heterocycles. The molecule has 0 fully saturated rings. The summed E-state index contributed by atoms with van der Waals surface area (Å²) in [7, 11) is 0. The Kier molecular flexibility index (Phi) is 6.10. The van der Waals surface area contributed by atoms with Crippen LogP contribution in [0.3, 0.4) is 0 Å². The van der Waals surface area contributed by atoms with E-state index < -0.39 is 17.7 Å². The monoisotopic (exact) mass is 493 g/mol. The first kappa shape index (κ1) is 21.8. The number of benzene rings is 2. The lowest BCUT2D eigenvalue weighted by Gasteiger charge is -2.09. The highest BCUT2D eigenvalue weighted by Crippen LogP contribution is 2.32. The third kappa shape index (κ3) is 3.69. The van der Waals surface area contributed by atoms with Crippen LogP contribution in [0.25, 0.3) is 16.4 Å². The Morgan fingerprint density at radius 2 is 1.41 bits per heavy atom. The fourth-order valence-corrected chi connectivity index (χ4v) is 4.03. The largest absolute Gasteiger partial charge is 0.462 e. The van der Waals surface area contributed by atoms with E-state index in [0.717, 1.165) is 9.86 Å². The SMILES string of the molecule is CCOC(=O)c1c(C(=O)OCC)c2ccc3ccccc3n2c1C(=O)c1ccc(Br)cc1. The first-order valence-corrected chi connectivity index (χ1v) is 11.0. The highest BCUT2D eigenvalue weighted by atomic mass is 79.9. The number of hydrogen-bond acceptors (Lipinski definition) is 5. The van der Waals surface area contributed by atoms with E-state index in [-0.39, 0.29) is 30.0 Å². The zero-order valence-electron chi connectivity index (χ0n) is 17.6. The van der Waals surface area contributed by atoms with E-state index in [1.54, 1.807) is 48.6 Å². The molecule has 2 heterocycles. The summed E-state index contributed by atoms with van der Waals surface area (Å²) < 4.78 is 13.0. The number of nitrogens with zero attached hydrogens (tertiary/aromatic N) is 1. The van der Waals surface area contributed by atoms with Gasteiger partial charge in [0.15, 0.2) is 0 Å². The molecule has 6 nitrogen and oxygen atoms in total.